The molecule has 0 aliphatic heterocycles. The lowest BCUT2D eigenvalue weighted by molar-refractivity contribution is 0.555. The third kappa shape index (κ3) is 3.08. The van der Waals surface area contributed by atoms with Crippen molar-refractivity contribution in [1.82, 2.24) is 14.8 Å². The monoisotopic (exact) mass is 333 g/mol. The predicted molar refractivity (Wildman–Crippen MR) is 89.7 cm³/mol. The van der Waals surface area contributed by atoms with Gasteiger partial charge in [-0.15, -0.1) is 21.5 Å². The first kappa shape index (κ1) is 15.2. The Hall–Kier alpha value is -1.66. The Morgan fingerprint density at radius 2 is 2.00 bits per heavy atom. The molecule has 3 rings (SSSR count). The van der Waals surface area contributed by atoms with Crippen LogP contribution in [0.3, 0.4) is 0 Å². The van der Waals surface area contributed by atoms with Crippen LogP contribution in [0.2, 0.25) is 0 Å². The SMILES string of the molecule is CC(C)n1c(SCc2ccccc2F)nnc1-c1cccs1. The molecule has 114 valence electrons. The van der Waals surface area contributed by atoms with Crippen LogP contribution in [0, 0.1) is 5.82 Å². The highest BCUT2D eigenvalue weighted by Gasteiger charge is 2.17. The summed E-state index contributed by atoms with van der Waals surface area (Å²) in [5, 5.41) is 11.5. The third-order valence-corrected chi connectivity index (χ3v) is 5.09. The van der Waals surface area contributed by atoms with Gasteiger partial charge in [-0.3, -0.25) is 4.57 Å². The molecule has 1 aromatic carbocycles. The highest BCUT2D eigenvalue weighted by atomic mass is 32.2. The number of aromatic nitrogens is 3. The average molecular weight is 333 g/mol. The average Bonchev–Trinajstić information content (AvgIpc) is 3.15. The van der Waals surface area contributed by atoms with Crippen LogP contribution in [0.1, 0.15) is 25.5 Å². The normalized spacial score (nSPS) is 11.3. The van der Waals surface area contributed by atoms with Crippen molar-refractivity contribution in [3.63, 3.8) is 0 Å². The van der Waals surface area contributed by atoms with Gasteiger partial charge in [-0.2, -0.15) is 0 Å². The van der Waals surface area contributed by atoms with E-state index in [9.17, 15) is 4.39 Å². The van der Waals surface area contributed by atoms with Crippen LogP contribution < -0.4 is 0 Å². The molecule has 0 atom stereocenters. The maximum atomic E-state index is 13.7. The van der Waals surface area contributed by atoms with E-state index in [4.69, 9.17) is 0 Å². The Labute approximate surface area is 137 Å². The summed E-state index contributed by atoms with van der Waals surface area (Å²) in [6.45, 7) is 4.21. The fraction of sp³-hybridized carbons (Fsp3) is 0.250. The molecule has 0 radical (unpaired) electrons. The third-order valence-electron chi connectivity index (χ3n) is 3.24. The number of thioether (sulfide) groups is 1. The molecule has 0 fully saturated rings. The number of rotatable bonds is 5. The number of benzene rings is 1. The summed E-state index contributed by atoms with van der Waals surface area (Å²) in [6, 6.07) is 11.1. The number of nitrogens with zero attached hydrogens (tertiary/aromatic N) is 3. The smallest absolute Gasteiger partial charge is 0.192 e. The summed E-state index contributed by atoms with van der Waals surface area (Å²) in [6.07, 6.45) is 0. The van der Waals surface area contributed by atoms with Gasteiger partial charge >= 0.3 is 0 Å². The molecule has 2 aromatic heterocycles. The van der Waals surface area contributed by atoms with Crippen LogP contribution in [0.15, 0.2) is 46.9 Å². The van der Waals surface area contributed by atoms with E-state index >= 15 is 0 Å². The molecule has 0 aliphatic rings. The highest BCUT2D eigenvalue weighted by Crippen LogP contribution is 2.31. The maximum absolute atomic E-state index is 13.7. The number of halogens is 1. The zero-order chi connectivity index (χ0) is 15.5. The van der Waals surface area contributed by atoms with Crippen molar-refractivity contribution in [2.24, 2.45) is 0 Å². The molecular weight excluding hydrogens is 317 g/mol. The molecule has 22 heavy (non-hydrogen) atoms. The summed E-state index contributed by atoms with van der Waals surface area (Å²) in [5.41, 5.74) is 0.684. The molecule has 0 N–H and O–H groups in total. The lowest BCUT2D eigenvalue weighted by Crippen LogP contribution is -2.04. The zero-order valence-electron chi connectivity index (χ0n) is 12.4. The maximum Gasteiger partial charge on any atom is 0.192 e. The van der Waals surface area contributed by atoms with Gasteiger partial charge < -0.3 is 0 Å². The minimum atomic E-state index is -0.177. The molecule has 3 aromatic rings. The predicted octanol–water partition coefficient (Wildman–Crippen LogP) is 5.02. The Kier molecular flexibility index (Phi) is 4.59. The van der Waals surface area contributed by atoms with Gasteiger partial charge in [0.1, 0.15) is 5.82 Å². The molecule has 6 heteroatoms. The molecule has 0 bridgehead atoms. The van der Waals surface area contributed by atoms with Crippen LogP contribution in [0.5, 0.6) is 0 Å². The Bertz CT molecular complexity index is 751. The first-order valence-corrected chi connectivity index (χ1v) is 8.88. The molecule has 2 heterocycles. The van der Waals surface area contributed by atoms with Crippen molar-refractivity contribution in [2.75, 3.05) is 0 Å². The fourth-order valence-electron chi connectivity index (χ4n) is 2.17. The minimum absolute atomic E-state index is 0.177. The second-order valence-electron chi connectivity index (χ2n) is 5.13. The zero-order valence-corrected chi connectivity index (χ0v) is 14.0. The summed E-state index contributed by atoms with van der Waals surface area (Å²) in [5.74, 6) is 1.24. The van der Waals surface area contributed by atoms with Gasteiger partial charge in [-0.05, 0) is 36.9 Å². The van der Waals surface area contributed by atoms with Crippen molar-refractivity contribution < 1.29 is 4.39 Å². The summed E-state index contributed by atoms with van der Waals surface area (Å²) in [7, 11) is 0. The summed E-state index contributed by atoms with van der Waals surface area (Å²) in [4.78, 5) is 1.10. The molecule has 0 saturated heterocycles. The van der Waals surface area contributed by atoms with Gasteiger partial charge in [0.2, 0.25) is 0 Å². The van der Waals surface area contributed by atoms with Gasteiger partial charge in [0, 0.05) is 11.8 Å². The quantitative estimate of drug-likeness (QED) is 0.614. The van der Waals surface area contributed by atoms with Gasteiger partial charge in [-0.1, -0.05) is 36.0 Å². The topological polar surface area (TPSA) is 30.7 Å². The van der Waals surface area contributed by atoms with Crippen molar-refractivity contribution in [3.8, 4) is 10.7 Å². The van der Waals surface area contributed by atoms with Gasteiger partial charge in [0.25, 0.3) is 0 Å². The Balaban J connectivity index is 1.87. The highest BCUT2D eigenvalue weighted by molar-refractivity contribution is 7.98. The van der Waals surface area contributed by atoms with E-state index in [1.165, 1.54) is 17.8 Å². The Morgan fingerprint density at radius 3 is 2.68 bits per heavy atom. The molecule has 0 saturated carbocycles. The van der Waals surface area contributed by atoms with Crippen LogP contribution in [-0.4, -0.2) is 14.8 Å². The number of hydrogen-bond acceptors (Lipinski definition) is 4. The van der Waals surface area contributed by atoms with Gasteiger partial charge in [0.15, 0.2) is 11.0 Å². The number of hydrogen-bond donors (Lipinski definition) is 0. The van der Waals surface area contributed by atoms with Crippen molar-refractivity contribution >= 4 is 23.1 Å². The first-order chi connectivity index (χ1) is 10.7. The van der Waals surface area contributed by atoms with Crippen molar-refractivity contribution in [1.29, 1.82) is 0 Å². The van der Waals surface area contributed by atoms with E-state index in [0.29, 0.717) is 11.3 Å². The first-order valence-electron chi connectivity index (χ1n) is 7.02. The second kappa shape index (κ2) is 6.62. The van der Waals surface area contributed by atoms with Crippen LogP contribution in [0.4, 0.5) is 4.39 Å². The van der Waals surface area contributed by atoms with Gasteiger partial charge in [-0.25, -0.2) is 4.39 Å². The van der Waals surface area contributed by atoms with Crippen LogP contribution in [-0.2, 0) is 5.75 Å². The van der Waals surface area contributed by atoms with Crippen LogP contribution >= 0.6 is 23.1 Å². The van der Waals surface area contributed by atoms with E-state index < -0.39 is 0 Å². The van der Waals surface area contributed by atoms with E-state index in [2.05, 4.69) is 28.6 Å². The largest absolute Gasteiger partial charge is 0.299 e. The molecular formula is C16H16FN3S2. The summed E-state index contributed by atoms with van der Waals surface area (Å²) >= 11 is 3.16. The standard InChI is InChI=1S/C16H16FN3S2/c1-11(2)20-15(14-8-5-9-21-14)18-19-16(20)22-10-12-6-3-4-7-13(12)17/h3-9,11H,10H2,1-2H3. The number of thiophene rings is 1. The van der Waals surface area contributed by atoms with E-state index in [-0.39, 0.29) is 11.9 Å². The summed E-state index contributed by atoms with van der Waals surface area (Å²) < 4.78 is 15.8. The molecule has 0 spiro atoms. The fourth-order valence-corrected chi connectivity index (χ4v) is 3.93. The molecule has 0 amide bonds. The molecule has 3 nitrogen and oxygen atoms in total. The lowest BCUT2D eigenvalue weighted by atomic mass is 10.2. The minimum Gasteiger partial charge on any atom is -0.299 e. The molecule has 0 aliphatic carbocycles. The van der Waals surface area contributed by atoms with Crippen molar-refractivity contribution in [2.45, 2.75) is 30.8 Å². The van der Waals surface area contributed by atoms with Crippen LogP contribution in [0.25, 0.3) is 10.7 Å². The molecule has 0 unspecified atom stereocenters. The second-order valence-corrected chi connectivity index (χ2v) is 7.02. The lowest BCUT2D eigenvalue weighted by Gasteiger charge is -2.13. The van der Waals surface area contributed by atoms with Gasteiger partial charge in [0.05, 0.1) is 4.88 Å². The Morgan fingerprint density at radius 1 is 1.18 bits per heavy atom. The van der Waals surface area contributed by atoms with E-state index in [1.807, 2.05) is 23.6 Å². The van der Waals surface area contributed by atoms with Crippen molar-refractivity contribution in [3.05, 3.63) is 53.2 Å². The van der Waals surface area contributed by atoms with E-state index in [0.717, 1.165) is 15.9 Å². The van der Waals surface area contributed by atoms with E-state index in [1.54, 1.807) is 23.5 Å².